The van der Waals surface area contributed by atoms with Crippen LogP contribution >= 0.6 is 0 Å². The minimum atomic E-state index is 0.567. The molecule has 0 unspecified atom stereocenters. The lowest BCUT2D eigenvalue weighted by Gasteiger charge is -2.09. The molecule has 3 heteroatoms. The summed E-state index contributed by atoms with van der Waals surface area (Å²) in [5.41, 5.74) is 0.567. The van der Waals surface area contributed by atoms with Gasteiger partial charge in [-0.1, -0.05) is 18.2 Å². The molecule has 2 aromatic carbocycles. The number of nitrogens with zero attached hydrogens (tertiary/aromatic N) is 1. The Kier molecular flexibility index (Phi) is 3.27. The molecule has 0 saturated carbocycles. The summed E-state index contributed by atoms with van der Waals surface area (Å²) in [6.07, 6.45) is 0. The maximum atomic E-state index is 8.80. The Bertz CT molecular complexity index is 558. The molecule has 0 bridgehead atoms. The summed E-state index contributed by atoms with van der Waals surface area (Å²) in [5, 5.41) is 8.80. The summed E-state index contributed by atoms with van der Waals surface area (Å²) in [6.45, 7) is 0. The highest BCUT2D eigenvalue weighted by Crippen LogP contribution is 2.30. The Morgan fingerprint density at radius 3 is 2.47 bits per heavy atom. The molecular weight excluding hydrogens is 214 g/mol. The van der Waals surface area contributed by atoms with E-state index in [1.165, 1.54) is 0 Å². The van der Waals surface area contributed by atoms with Crippen molar-refractivity contribution in [2.45, 2.75) is 0 Å². The largest absolute Gasteiger partial charge is 0.493 e. The van der Waals surface area contributed by atoms with Crippen LogP contribution in [0.5, 0.6) is 17.2 Å². The van der Waals surface area contributed by atoms with Crippen LogP contribution in [0.1, 0.15) is 5.56 Å². The van der Waals surface area contributed by atoms with Gasteiger partial charge in [0.15, 0.2) is 11.5 Å². The third kappa shape index (κ3) is 2.56. The highest BCUT2D eigenvalue weighted by atomic mass is 16.5. The van der Waals surface area contributed by atoms with E-state index in [2.05, 4.69) is 6.07 Å². The smallest absolute Gasteiger partial charge is 0.169 e. The summed E-state index contributed by atoms with van der Waals surface area (Å²) in [4.78, 5) is 0. The van der Waals surface area contributed by atoms with Gasteiger partial charge >= 0.3 is 0 Å². The third-order valence-electron chi connectivity index (χ3n) is 2.26. The molecule has 3 nitrogen and oxygen atoms in total. The second-order valence-corrected chi connectivity index (χ2v) is 3.39. The van der Waals surface area contributed by atoms with Crippen molar-refractivity contribution >= 4 is 0 Å². The number of hydrogen-bond donors (Lipinski definition) is 0. The van der Waals surface area contributed by atoms with Gasteiger partial charge in [-0.3, -0.25) is 0 Å². The molecule has 0 amide bonds. The minimum absolute atomic E-state index is 0.567. The summed E-state index contributed by atoms with van der Waals surface area (Å²) in [5.74, 6) is 1.91. The molecule has 0 atom stereocenters. The molecule has 17 heavy (non-hydrogen) atoms. The number of hydrogen-bond acceptors (Lipinski definition) is 3. The molecule has 0 aliphatic heterocycles. The molecule has 0 radical (unpaired) electrons. The zero-order chi connectivity index (χ0) is 12.1. The molecule has 0 heterocycles. The van der Waals surface area contributed by atoms with Gasteiger partial charge in [-0.2, -0.15) is 5.26 Å². The Balaban J connectivity index is 2.28. The standard InChI is InChI=1S/C14H11NO2/c1-16-13-7-2-3-8-14(13)17-12-6-4-5-11(9-12)10-15/h2-9H,1H3. The van der Waals surface area contributed by atoms with E-state index in [9.17, 15) is 0 Å². The van der Waals surface area contributed by atoms with Crippen molar-refractivity contribution in [2.75, 3.05) is 7.11 Å². The van der Waals surface area contributed by atoms with Gasteiger partial charge in [-0.15, -0.1) is 0 Å². The maximum absolute atomic E-state index is 8.80. The molecule has 0 spiro atoms. The van der Waals surface area contributed by atoms with Crippen LogP contribution in [0.2, 0.25) is 0 Å². The fraction of sp³-hybridized carbons (Fsp3) is 0.0714. The summed E-state index contributed by atoms with van der Waals surface area (Å²) in [7, 11) is 1.59. The zero-order valence-corrected chi connectivity index (χ0v) is 9.38. The Labute approximate surface area is 99.8 Å². The van der Waals surface area contributed by atoms with E-state index < -0.39 is 0 Å². The van der Waals surface area contributed by atoms with Gasteiger partial charge in [0.25, 0.3) is 0 Å². The first-order chi connectivity index (χ1) is 8.33. The highest BCUT2D eigenvalue weighted by Gasteiger charge is 2.04. The first-order valence-electron chi connectivity index (χ1n) is 5.14. The number of nitriles is 1. The fourth-order valence-corrected chi connectivity index (χ4v) is 1.46. The molecule has 0 N–H and O–H groups in total. The van der Waals surface area contributed by atoms with E-state index in [-0.39, 0.29) is 0 Å². The van der Waals surface area contributed by atoms with Crippen LogP contribution in [-0.4, -0.2) is 7.11 Å². The molecule has 0 aromatic heterocycles. The number of para-hydroxylation sites is 2. The number of rotatable bonds is 3. The van der Waals surface area contributed by atoms with E-state index in [4.69, 9.17) is 14.7 Å². The maximum Gasteiger partial charge on any atom is 0.169 e. The summed E-state index contributed by atoms with van der Waals surface area (Å²) < 4.78 is 10.9. The second-order valence-electron chi connectivity index (χ2n) is 3.39. The van der Waals surface area contributed by atoms with Crippen molar-refractivity contribution in [3.63, 3.8) is 0 Å². The Hall–Kier alpha value is -2.47. The summed E-state index contributed by atoms with van der Waals surface area (Å²) in [6, 6.07) is 16.4. The van der Waals surface area contributed by atoms with Crippen LogP contribution < -0.4 is 9.47 Å². The fourth-order valence-electron chi connectivity index (χ4n) is 1.46. The molecule has 2 aromatic rings. The molecule has 2 rings (SSSR count). The van der Waals surface area contributed by atoms with Crippen LogP contribution in [-0.2, 0) is 0 Å². The van der Waals surface area contributed by atoms with Crippen LogP contribution in [0, 0.1) is 11.3 Å². The highest BCUT2D eigenvalue weighted by molar-refractivity contribution is 5.44. The van der Waals surface area contributed by atoms with Gasteiger partial charge in [-0.25, -0.2) is 0 Å². The van der Waals surface area contributed by atoms with Crippen molar-refractivity contribution < 1.29 is 9.47 Å². The zero-order valence-electron chi connectivity index (χ0n) is 9.38. The normalized spacial score (nSPS) is 9.41. The lowest BCUT2D eigenvalue weighted by molar-refractivity contribution is 0.379. The van der Waals surface area contributed by atoms with Crippen molar-refractivity contribution in [3.8, 4) is 23.3 Å². The lowest BCUT2D eigenvalue weighted by atomic mass is 10.2. The first-order valence-corrected chi connectivity index (χ1v) is 5.14. The average Bonchev–Trinajstić information content (AvgIpc) is 2.39. The van der Waals surface area contributed by atoms with Crippen molar-refractivity contribution in [1.82, 2.24) is 0 Å². The first kappa shape index (κ1) is 11.0. The molecule has 0 fully saturated rings. The number of benzene rings is 2. The lowest BCUT2D eigenvalue weighted by Crippen LogP contribution is -1.90. The average molecular weight is 225 g/mol. The Morgan fingerprint density at radius 1 is 1.00 bits per heavy atom. The van der Waals surface area contributed by atoms with Gasteiger partial charge in [0.05, 0.1) is 18.7 Å². The van der Waals surface area contributed by atoms with Crippen LogP contribution in [0.15, 0.2) is 48.5 Å². The third-order valence-corrected chi connectivity index (χ3v) is 2.26. The quantitative estimate of drug-likeness (QED) is 0.804. The van der Waals surface area contributed by atoms with E-state index in [0.717, 1.165) is 0 Å². The van der Waals surface area contributed by atoms with Gasteiger partial charge < -0.3 is 9.47 Å². The predicted octanol–water partition coefficient (Wildman–Crippen LogP) is 3.36. The van der Waals surface area contributed by atoms with Crippen molar-refractivity contribution in [2.24, 2.45) is 0 Å². The molecular formula is C14H11NO2. The van der Waals surface area contributed by atoms with Gasteiger partial charge in [0.2, 0.25) is 0 Å². The van der Waals surface area contributed by atoms with E-state index >= 15 is 0 Å². The van der Waals surface area contributed by atoms with Crippen molar-refractivity contribution in [1.29, 1.82) is 5.26 Å². The van der Waals surface area contributed by atoms with Crippen LogP contribution in [0.3, 0.4) is 0 Å². The topological polar surface area (TPSA) is 42.2 Å². The van der Waals surface area contributed by atoms with Gasteiger partial charge in [0.1, 0.15) is 5.75 Å². The second kappa shape index (κ2) is 5.04. The molecule has 0 saturated heterocycles. The number of methoxy groups -OCH3 is 1. The van der Waals surface area contributed by atoms with Crippen molar-refractivity contribution in [3.05, 3.63) is 54.1 Å². The monoisotopic (exact) mass is 225 g/mol. The van der Waals surface area contributed by atoms with E-state index in [0.29, 0.717) is 22.8 Å². The molecule has 0 aliphatic rings. The summed E-state index contributed by atoms with van der Waals surface area (Å²) >= 11 is 0. The van der Waals surface area contributed by atoms with Crippen LogP contribution in [0.4, 0.5) is 0 Å². The predicted molar refractivity (Wildman–Crippen MR) is 64.2 cm³/mol. The van der Waals surface area contributed by atoms with E-state index in [1.54, 1.807) is 31.4 Å². The number of ether oxygens (including phenoxy) is 2. The Morgan fingerprint density at radius 2 is 1.76 bits per heavy atom. The minimum Gasteiger partial charge on any atom is -0.493 e. The van der Waals surface area contributed by atoms with E-state index in [1.807, 2.05) is 24.3 Å². The molecule has 84 valence electrons. The molecule has 0 aliphatic carbocycles. The van der Waals surface area contributed by atoms with Gasteiger partial charge in [0, 0.05) is 0 Å². The van der Waals surface area contributed by atoms with Crippen LogP contribution in [0.25, 0.3) is 0 Å². The van der Waals surface area contributed by atoms with Gasteiger partial charge in [-0.05, 0) is 30.3 Å². The SMILES string of the molecule is COc1ccccc1Oc1cccc(C#N)c1.